The molecule has 0 aliphatic carbocycles. The van der Waals surface area contributed by atoms with E-state index in [0.717, 1.165) is 39.2 Å². The lowest BCUT2D eigenvalue weighted by atomic mass is 10.0. The minimum absolute atomic E-state index is 0.534. The number of nitrogens with zero attached hydrogens (tertiary/aromatic N) is 1. The zero-order valence-electron chi connectivity index (χ0n) is 13.5. The molecule has 0 bridgehead atoms. The number of benzene rings is 1. The van der Waals surface area contributed by atoms with Gasteiger partial charge in [0, 0.05) is 26.2 Å². The predicted molar refractivity (Wildman–Crippen MR) is 86.1 cm³/mol. The summed E-state index contributed by atoms with van der Waals surface area (Å²) in [6.07, 6.45) is 1.10. The number of nitrogens with one attached hydrogen (secondary N) is 1. The van der Waals surface area contributed by atoms with Crippen molar-refractivity contribution in [3.8, 4) is 0 Å². The molecule has 0 amide bonds. The second-order valence-corrected chi connectivity index (χ2v) is 5.43. The summed E-state index contributed by atoms with van der Waals surface area (Å²) in [4.78, 5) is 2.47. The van der Waals surface area contributed by atoms with Crippen molar-refractivity contribution < 1.29 is 4.74 Å². The molecule has 1 aromatic carbocycles. The summed E-state index contributed by atoms with van der Waals surface area (Å²) in [6, 6.07) is 9.32. The van der Waals surface area contributed by atoms with Crippen molar-refractivity contribution in [2.24, 2.45) is 0 Å². The van der Waals surface area contributed by atoms with Gasteiger partial charge in [-0.05, 0) is 44.5 Å². The van der Waals surface area contributed by atoms with E-state index in [1.165, 1.54) is 11.1 Å². The van der Waals surface area contributed by atoms with E-state index in [9.17, 15) is 0 Å². The highest BCUT2D eigenvalue weighted by molar-refractivity contribution is 5.27. The zero-order chi connectivity index (χ0) is 14.8. The van der Waals surface area contributed by atoms with Gasteiger partial charge < -0.3 is 10.1 Å². The van der Waals surface area contributed by atoms with E-state index in [4.69, 9.17) is 4.74 Å². The number of rotatable bonds is 10. The lowest BCUT2D eigenvalue weighted by molar-refractivity contribution is 0.125. The minimum atomic E-state index is 0.534. The van der Waals surface area contributed by atoms with Crippen LogP contribution in [0.2, 0.25) is 0 Å². The number of hydrogen-bond donors (Lipinski definition) is 1. The third kappa shape index (κ3) is 6.04. The van der Waals surface area contributed by atoms with Crippen molar-refractivity contribution in [1.82, 2.24) is 10.2 Å². The Morgan fingerprint density at radius 3 is 2.50 bits per heavy atom. The van der Waals surface area contributed by atoms with E-state index in [0.29, 0.717) is 6.04 Å². The Hall–Kier alpha value is -0.900. The van der Waals surface area contributed by atoms with Gasteiger partial charge in [0.15, 0.2) is 0 Å². The van der Waals surface area contributed by atoms with Crippen LogP contribution in [0.15, 0.2) is 24.3 Å². The van der Waals surface area contributed by atoms with Gasteiger partial charge in [0.1, 0.15) is 0 Å². The van der Waals surface area contributed by atoms with Crippen molar-refractivity contribution in [2.45, 2.75) is 39.8 Å². The average Bonchev–Trinajstić information content (AvgIpc) is 2.45. The molecule has 0 heterocycles. The number of likely N-dealkylation sites (N-methyl/N-ethyl adjacent to an activating group) is 1. The maximum atomic E-state index is 5.22. The van der Waals surface area contributed by atoms with E-state index in [-0.39, 0.29) is 0 Å². The van der Waals surface area contributed by atoms with Crippen LogP contribution in [0.1, 0.15) is 31.9 Å². The quantitative estimate of drug-likeness (QED) is 0.666. The monoisotopic (exact) mass is 278 g/mol. The first-order valence-corrected chi connectivity index (χ1v) is 7.69. The molecule has 20 heavy (non-hydrogen) atoms. The van der Waals surface area contributed by atoms with Crippen LogP contribution in [0.25, 0.3) is 0 Å². The molecule has 0 unspecified atom stereocenters. The van der Waals surface area contributed by atoms with Crippen molar-refractivity contribution >= 4 is 0 Å². The van der Waals surface area contributed by atoms with Gasteiger partial charge in [0.05, 0.1) is 6.61 Å². The third-order valence-electron chi connectivity index (χ3n) is 3.63. The summed E-state index contributed by atoms with van der Waals surface area (Å²) >= 11 is 0. The van der Waals surface area contributed by atoms with Crippen LogP contribution in [0, 0.1) is 0 Å². The molecular formula is C17H30N2O. The van der Waals surface area contributed by atoms with Gasteiger partial charge in [0.2, 0.25) is 0 Å². The van der Waals surface area contributed by atoms with E-state index in [2.05, 4.69) is 55.3 Å². The first-order chi connectivity index (χ1) is 9.69. The first kappa shape index (κ1) is 17.2. The summed E-state index contributed by atoms with van der Waals surface area (Å²) in [5, 5.41) is 3.40. The molecule has 3 heteroatoms. The standard InChI is InChI=1S/C17H30N2O/c1-5-18-11-10-16-8-6-7-9-17(16)14-19(15(2)3)12-13-20-4/h6-9,15,18H,5,10-14H2,1-4H3. The molecule has 1 N–H and O–H groups in total. The van der Waals surface area contributed by atoms with Crippen molar-refractivity contribution in [1.29, 1.82) is 0 Å². The Morgan fingerprint density at radius 1 is 1.20 bits per heavy atom. The normalized spacial score (nSPS) is 11.5. The highest BCUT2D eigenvalue weighted by atomic mass is 16.5. The van der Waals surface area contributed by atoms with Crippen LogP contribution in [-0.2, 0) is 17.7 Å². The average molecular weight is 278 g/mol. The highest BCUT2D eigenvalue weighted by Crippen LogP contribution is 2.14. The zero-order valence-corrected chi connectivity index (χ0v) is 13.5. The first-order valence-electron chi connectivity index (χ1n) is 7.69. The number of methoxy groups -OCH3 is 1. The maximum Gasteiger partial charge on any atom is 0.0589 e. The summed E-state index contributed by atoms with van der Waals surface area (Å²) in [6.45, 7) is 11.5. The molecular weight excluding hydrogens is 248 g/mol. The summed E-state index contributed by atoms with van der Waals surface area (Å²) < 4.78 is 5.22. The second-order valence-electron chi connectivity index (χ2n) is 5.43. The molecule has 0 atom stereocenters. The molecule has 0 aliphatic rings. The Bertz CT molecular complexity index is 366. The third-order valence-corrected chi connectivity index (χ3v) is 3.63. The van der Waals surface area contributed by atoms with Crippen LogP contribution in [0.5, 0.6) is 0 Å². The molecule has 0 aromatic heterocycles. The van der Waals surface area contributed by atoms with Crippen LogP contribution in [0.4, 0.5) is 0 Å². The van der Waals surface area contributed by atoms with Crippen LogP contribution in [-0.4, -0.2) is 44.3 Å². The van der Waals surface area contributed by atoms with Gasteiger partial charge in [-0.2, -0.15) is 0 Å². The van der Waals surface area contributed by atoms with Gasteiger partial charge in [-0.3, -0.25) is 4.90 Å². The number of hydrogen-bond acceptors (Lipinski definition) is 3. The largest absolute Gasteiger partial charge is 0.383 e. The molecule has 0 fully saturated rings. The van der Waals surface area contributed by atoms with Crippen molar-refractivity contribution in [2.75, 3.05) is 33.4 Å². The highest BCUT2D eigenvalue weighted by Gasteiger charge is 2.11. The molecule has 3 nitrogen and oxygen atoms in total. The Morgan fingerprint density at radius 2 is 1.90 bits per heavy atom. The van der Waals surface area contributed by atoms with Gasteiger partial charge >= 0.3 is 0 Å². The predicted octanol–water partition coefficient (Wildman–Crippen LogP) is 2.70. The smallest absolute Gasteiger partial charge is 0.0589 e. The maximum absolute atomic E-state index is 5.22. The SMILES string of the molecule is CCNCCc1ccccc1CN(CCOC)C(C)C. The molecule has 0 radical (unpaired) electrons. The lowest BCUT2D eigenvalue weighted by Gasteiger charge is -2.27. The van der Waals surface area contributed by atoms with Crippen LogP contribution in [0.3, 0.4) is 0 Å². The lowest BCUT2D eigenvalue weighted by Crippen LogP contribution is -2.33. The molecule has 114 valence electrons. The number of ether oxygens (including phenoxy) is 1. The minimum Gasteiger partial charge on any atom is -0.383 e. The summed E-state index contributed by atoms with van der Waals surface area (Å²) in [5.41, 5.74) is 2.90. The van der Waals surface area contributed by atoms with Crippen molar-refractivity contribution in [3.05, 3.63) is 35.4 Å². The molecule has 0 saturated heterocycles. The fourth-order valence-electron chi connectivity index (χ4n) is 2.30. The van der Waals surface area contributed by atoms with E-state index in [1.54, 1.807) is 7.11 Å². The topological polar surface area (TPSA) is 24.5 Å². The fraction of sp³-hybridized carbons (Fsp3) is 0.647. The van der Waals surface area contributed by atoms with E-state index < -0.39 is 0 Å². The van der Waals surface area contributed by atoms with Gasteiger partial charge in [0.25, 0.3) is 0 Å². The van der Waals surface area contributed by atoms with Crippen LogP contribution < -0.4 is 5.32 Å². The van der Waals surface area contributed by atoms with Gasteiger partial charge in [-0.15, -0.1) is 0 Å². The fourth-order valence-corrected chi connectivity index (χ4v) is 2.30. The Balaban J connectivity index is 2.68. The van der Waals surface area contributed by atoms with Gasteiger partial charge in [-0.1, -0.05) is 31.2 Å². The summed E-state index contributed by atoms with van der Waals surface area (Å²) in [5.74, 6) is 0. The molecule has 1 aromatic rings. The van der Waals surface area contributed by atoms with Crippen molar-refractivity contribution in [3.63, 3.8) is 0 Å². The van der Waals surface area contributed by atoms with E-state index >= 15 is 0 Å². The Labute approximate surface area is 124 Å². The van der Waals surface area contributed by atoms with Gasteiger partial charge in [-0.25, -0.2) is 0 Å². The second kappa shape index (κ2) is 9.92. The van der Waals surface area contributed by atoms with E-state index in [1.807, 2.05) is 0 Å². The molecule has 0 aliphatic heterocycles. The molecule has 1 rings (SSSR count). The summed E-state index contributed by atoms with van der Waals surface area (Å²) in [7, 11) is 1.77. The Kier molecular flexibility index (Phi) is 8.51. The molecule has 0 saturated carbocycles. The van der Waals surface area contributed by atoms with Crippen LogP contribution >= 0.6 is 0 Å². The molecule has 0 spiro atoms.